The Labute approximate surface area is 132 Å². The molecule has 1 aromatic rings. The second-order valence-corrected chi connectivity index (χ2v) is 6.33. The van der Waals surface area contributed by atoms with Crippen LogP contribution in [0.25, 0.3) is 0 Å². The molecule has 0 spiro atoms. The number of aryl methyl sites for hydroxylation is 2. The normalized spacial score (nSPS) is 19.7. The lowest BCUT2D eigenvalue weighted by Crippen LogP contribution is -2.57. The zero-order chi connectivity index (χ0) is 15.5. The first kappa shape index (κ1) is 16.7. The van der Waals surface area contributed by atoms with Gasteiger partial charge in [-0.25, -0.2) is 0 Å². The molecule has 1 fully saturated rings. The molecule has 1 heterocycles. The van der Waals surface area contributed by atoms with Gasteiger partial charge in [0.25, 0.3) is 0 Å². The molecule has 120 valence electrons. The van der Waals surface area contributed by atoms with Crippen LogP contribution in [0.3, 0.4) is 0 Å². The number of nitrogens with zero attached hydrogens (tertiary/aromatic N) is 2. The summed E-state index contributed by atoms with van der Waals surface area (Å²) >= 11 is 6.38. The minimum absolute atomic E-state index is 0.0463. The Morgan fingerprint density at radius 3 is 2.57 bits per heavy atom. The largest absolute Gasteiger partial charge is 0.374 e. The number of aromatic nitrogens is 2. The number of ether oxygens (including phenoxy) is 1. The van der Waals surface area contributed by atoms with Gasteiger partial charge in [-0.15, -0.1) is 0 Å². The molecule has 0 aliphatic heterocycles. The second kappa shape index (κ2) is 7.09. The van der Waals surface area contributed by atoms with Crippen LogP contribution in [0.4, 0.5) is 0 Å². The summed E-state index contributed by atoms with van der Waals surface area (Å²) in [7, 11) is 1.93. The van der Waals surface area contributed by atoms with E-state index in [0.29, 0.717) is 6.61 Å². The van der Waals surface area contributed by atoms with Gasteiger partial charge in [0.15, 0.2) is 0 Å². The molecule has 1 aromatic heterocycles. The van der Waals surface area contributed by atoms with Crippen molar-refractivity contribution in [3.63, 3.8) is 0 Å². The number of hydrogen-bond donors (Lipinski definition) is 2. The average Bonchev–Trinajstić information content (AvgIpc) is 2.71. The lowest BCUT2D eigenvalue weighted by Gasteiger charge is -2.43. The maximum absolute atomic E-state index is 6.38. The van der Waals surface area contributed by atoms with Gasteiger partial charge in [-0.1, -0.05) is 30.9 Å². The Balaban J connectivity index is 2.24. The summed E-state index contributed by atoms with van der Waals surface area (Å²) in [5, 5.41) is 5.12. The van der Waals surface area contributed by atoms with Crippen molar-refractivity contribution in [2.24, 2.45) is 12.9 Å². The van der Waals surface area contributed by atoms with E-state index in [1.54, 1.807) is 0 Å². The van der Waals surface area contributed by atoms with Gasteiger partial charge in [-0.3, -0.25) is 16.0 Å². The first-order chi connectivity index (χ1) is 10.0. The van der Waals surface area contributed by atoms with E-state index in [4.69, 9.17) is 22.2 Å². The predicted octanol–water partition coefficient (Wildman–Crippen LogP) is 2.50. The second-order valence-electron chi connectivity index (χ2n) is 5.95. The molecule has 0 amide bonds. The van der Waals surface area contributed by atoms with Gasteiger partial charge < -0.3 is 4.74 Å². The van der Waals surface area contributed by atoms with Crippen molar-refractivity contribution in [3.8, 4) is 0 Å². The molecule has 6 heteroatoms. The fourth-order valence-electron chi connectivity index (χ4n) is 3.52. The SMILES string of the molecule is CCOC1(C(Cc2c(Cl)c(C)nn2C)NN)CCCCC1. The molecule has 0 radical (unpaired) electrons. The molecule has 1 aliphatic rings. The third kappa shape index (κ3) is 3.42. The minimum Gasteiger partial charge on any atom is -0.374 e. The summed E-state index contributed by atoms with van der Waals surface area (Å²) in [5.74, 6) is 5.87. The highest BCUT2D eigenvalue weighted by molar-refractivity contribution is 6.31. The highest BCUT2D eigenvalue weighted by Gasteiger charge is 2.41. The van der Waals surface area contributed by atoms with Crippen molar-refractivity contribution < 1.29 is 4.74 Å². The van der Waals surface area contributed by atoms with Gasteiger partial charge in [0.05, 0.1) is 28.1 Å². The fraction of sp³-hybridized carbons (Fsp3) is 0.800. The van der Waals surface area contributed by atoms with Crippen molar-refractivity contribution in [2.45, 2.75) is 64.0 Å². The number of nitrogens with two attached hydrogens (primary N) is 1. The van der Waals surface area contributed by atoms with Gasteiger partial charge in [-0.05, 0) is 26.7 Å². The third-order valence-corrected chi connectivity index (χ3v) is 5.12. The van der Waals surface area contributed by atoms with Crippen LogP contribution in [0, 0.1) is 6.92 Å². The summed E-state index contributed by atoms with van der Waals surface area (Å²) in [6.07, 6.45) is 6.48. The van der Waals surface area contributed by atoms with E-state index in [0.717, 1.165) is 35.7 Å². The topological polar surface area (TPSA) is 65.1 Å². The van der Waals surface area contributed by atoms with Crippen molar-refractivity contribution in [1.29, 1.82) is 0 Å². The number of halogens is 1. The molecule has 0 bridgehead atoms. The predicted molar refractivity (Wildman–Crippen MR) is 85.2 cm³/mol. The highest BCUT2D eigenvalue weighted by atomic mass is 35.5. The van der Waals surface area contributed by atoms with Crippen LogP contribution >= 0.6 is 11.6 Å². The van der Waals surface area contributed by atoms with Crippen molar-refractivity contribution in [1.82, 2.24) is 15.2 Å². The molecule has 0 saturated heterocycles. The Hall–Kier alpha value is -0.620. The zero-order valence-corrected chi connectivity index (χ0v) is 14.0. The first-order valence-corrected chi connectivity index (χ1v) is 8.20. The standard InChI is InChI=1S/C15H27ClN4O/c1-4-21-15(8-6-5-7-9-15)13(18-17)10-12-14(16)11(2)19-20(12)3/h13,18H,4-10,17H2,1-3H3. The Bertz CT molecular complexity index is 463. The number of nitrogens with one attached hydrogen (secondary N) is 1. The molecular formula is C15H27ClN4O. The molecule has 3 N–H and O–H groups in total. The fourth-order valence-corrected chi connectivity index (χ4v) is 3.76. The average molecular weight is 315 g/mol. The van der Waals surface area contributed by atoms with Gasteiger partial charge in [0.2, 0.25) is 0 Å². The monoisotopic (exact) mass is 314 g/mol. The molecular weight excluding hydrogens is 288 g/mol. The van der Waals surface area contributed by atoms with Gasteiger partial charge in [0.1, 0.15) is 0 Å². The Morgan fingerprint density at radius 1 is 1.43 bits per heavy atom. The highest BCUT2D eigenvalue weighted by Crippen LogP contribution is 2.36. The van der Waals surface area contributed by atoms with Crippen molar-refractivity contribution >= 4 is 11.6 Å². The van der Waals surface area contributed by atoms with E-state index in [1.165, 1.54) is 19.3 Å². The molecule has 5 nitrogen and oxygen atoms in total. The molecule has 1 atom stereocenters. The van der Waals surface area contributed by atoms with Crippen molar-refractivity contribution in [2.75, 3.05) is 6.61 Å². The molecule has 2 rings (SSSR count). The summed E-state index contributed by atoms with van der Waals surface area (Å²) < 4.78 is 8.02. The van der Waals surface area contributed by atoms with Crippen LogP contribution in [0.1, 0.15) is 50.4 Å². The summed E-state index contributed by atoms with van der Waals surface area (Å²) in [5.41, 5.74) is 4.67. The Kier molecular flexibility index (Phi) is 5.66. The zero-order valence-electron chi connectivity index (χ0n) is 13.3. The van der Waals surface area contributed by atoms with Gasteiger partial charge >= 0.3 is 0 Å². The van der Waals surface area contributed by atoms with E-state index in [2.05, 4.69) is 10.5 Å². The molecule has 1 unspecified atom stereocenters. The number of hydrazine groups is 1. The van der Waals surface area contributed by atoms with Crippen molar-refractivity contribution in [3.05, 3.63) is 16.4 Å². The lowest BCUT2D eigenvalue weighted by molar-refractivity contribution is -0.0901. The van der Waals surface area contributed by atoms with E-state index < -0.39 is 0 Å². The van der Waals surface area contributed by atoms with Gasteiger partial charge in [0, 0.05) is 20.1 Å². The van der Waals surface area contributed by atoms with Crippen LogP contribution in [0.5, 0.6) is 0 Å². The molecule has 1 aliphatic carbocycles. The van der Waals surface area contributed by atoms with E-state index >= 15 is 0 Å². The van der Waals surface area contributed by atoms with E-state index in [9.17, 15) is 0 Å². The van der Waals surface area contributed by atoms with Gasteiger partial charge in [-0.2, -0.15) is 5.10 Å². The minimum atomic E-state index is -0.191. The number of hydrogen-bond acceptors (Lipinski definition) is 4. The molecule has 21 heavy (non-hydrogen) atoms. The summed E-state index contributed by atoms with van der Waals surface area (Å²) in [4.78, 5) is 0. The third-order valence-electron chi connectivity index (χ3n) is 4.63. The first-order valence-electron chi connectivity index (χ1n) is 7.82. The molecule has 1 saturated carbocycles. The lowest BCUT2D eigenvalue weighted by atomic mass is 9.77. The smallest absolute Gasteiger partial charge is 0.0851 e. The summed E-state index contributed by atoms with van der Waals surface area (Å²) in [6, 6.07) is 0.0463. The maximum atomic E-state index is 6.38. The van der Waals surface area contributed by atoms with Crippen LogP contribution in [-0.2, 0) is 18.2 Å². The number of rotatable bonds is 6. The quantitative estimate of drug-likeness (QED) is 0.625. The van der Waals surface area contributed by atoms with Crippen LogP contribution in [-0.4, -0.2) is 28.0 Å². The summed E-state index contributed by atoms with van der Waals surface area (Å²) in [6.45, 7) is 4.68. The van der Waals surface area contributed by atoms with Crippen LogP contribution < -0.4 is 11.3 Å². The maximum Gasteiger partial charge on any atom is 0.0851 e. The van der Waals surface area contributed by atoms with Crippen LogP contribution in [0.2, 0.25) is 5.02 Å². The van der Waals surface area contributed by atoms with Crippen LogP contribution in [0.15, 0.2) is 0 Å². The Morgan fingerprint density at radius 2 is 2.10 bits per heavy atom. The van der Waals surface area contributed by atoms with E-state index in [1.807, 2.05) is 25.6 Å². The molecule has 0 aromatic carbocycles. The van der Waals surface area contributed by atoms with E-state index in [-0.39, 0.29) is 11.6 Å².